The lowest BCUT2D eigenvalue weighted by Crippen LogP contribution is -2.20. The predicted octanol–water partition coefficient (Wildman–Crippen LogP) is 1.54. The Hall–Kier alpha value is -1.90. The molecule has 1 heterocycles. The zero-order chi connectivity index (χ0) is 9.97. The van der Waals surface area contributed by atoms with Gasteiger partial charge in [0.05, 0.1) is 5.69 Å². The number of para-hydroxylation sites is 1. The Balaban J connectivity index is 2.59. The van der Waals surface area contributed by atoms with E-state index in [1.165, 1.54) is 4.57 Å². The molecular weight excluding hydrogens is 176 g/mol. The lowest BCUT2D eigenvalue weighted by molar-refractivity contribution is 0.894. The van der Waals surface area contributed by atoms with Crippen molar-refractivity contribution in [3.8, 4) is 5.69 Å². The fourth-order valence-corrected chi connectivity index (χ4v) is 1.27. The monoisotopic (exact) mass is 186 g/mol. The van der Waals surface area contributed by atoms with Crippen LogP contribution in [0.4, 0.5) is 0 Å². The Labute approximate surface area is 81.7 Å². The average molecular weight is 186 g/mol. The summed E-state index contributed by atoms with van der Waals surface area (Å²) in [6.07, 6.45) is 1.74. The summed E-state index contributed by atoms with van der Waals surface area (Å²) in [4.78, 5) is 15.3. The van der Waals surface area contributed by atoms with Crippen LogP contribution in [-0.2, 0) is 0 Å². The number of hydrogen-bond donors (Lipinski definition) is 0. The van der Waals surface area contributed by atoms with Gasteiger partial charge in [-0.05, 0) is 25.1 Å². The minimum absolute atomic E-state index is 0.240. The van der Waals surface area contributed by atoms with Gasteiger partial charge in [0.2, 0.25) is 0 Å². The smallest absolute Gasteiger partial charge is 0.268 e. The first kappa shape index (κ1) is 8.69. The molecule has 0 amide bonds. The van der Waals surface area contributed by atoms with E-state index in [-0.39, 0.29) is 5.69 Å². The number of aromatic nitrogens is 2. The van der Waals surface area contributed by atoms with Gasteiger partial charge in [0.25, 0.3) is 0 Å². The lowest BCUT2D eigenvalue weighted by atomic mass is 10.3. The van der Waals surface area contributed by atoms with Crippen LogP contribution in [0.15, 0.2) is 47.4 Å². The molecular formula is C11H10N2O. The third-order valence-electron chi connectivity index (χ3n) is 1.98. The Bertz CT molecular complexity index is 488. The Kier molecular flexibility index (Phi) is 2.14. The second-order valence-electron chi connectivity index (χ2n) is 3.06. The maximum absolute atomic E-state index is 11.5. The molecule has 0 atom stereocenters. The number of aryl methyl sites for hydroxylation is 1. The van der Waals surface area contributed by atoms with Gasteiger partial charge in [0.1, 0.15) is 0 Å². The third-order valence-corrected chi connectivity index (χ3v) is 1.98. The van der Waals surface area contributed by atoms with Crippen molar-refractivity contribution >= 4 is 0 Å². The molecule has 2 aromatic rings. The van der Waals surface area contributed by atoms with Crippen LogP contribution in [0.1, 0.15) is 5.69 Å². The van der Waals surface area contributed by atoms with Gasteiger partial charge in [-0.15, -0.1) is 0 Å². The van der Waals surface area contributed by atoms with E-state index in [1.807, 2.05) is 36.4 Å². The van der Waals surface area contributed by atoms with Crippen LogP contribution in [-0.4, -0.2) is 9.55 Å². The van der Waals surface area contributed by atoms with Crippen LogP contribution in [0.5, 0.6) is 0 Å². The van der Waals surface area contributed by atoms with Gasteiger partial charge in [-0.3, -0.25) is 4.57 Å². The SMILES string of the molecule is Cc1ccn(-c2ccccc2)c(=O)n1. The standard InChI is InChI=1S/C11H10N2O/c1-9-7-8-13(11(14)12-9)10-5-3-2-4-6-10/h2-8H,1H3. The second kappa shape index (κ2) is 3.46. The van der Waals surface area contributed by atoms with Crippen molar-refractivity contribution < 1.29 is 0 Å². The molecule has 3 heteroatoms. The molecule has 0 aliphatic heterocycles. The maximum atomic E-state index is 11.5. The van der Waals surface area contributed by atoms with E-state index in [2.05, 4.69) is 4.98 Å². The zero-order valence-electron chi connectivity index (χ0n) is 7.84. The van der Waals surface area contributed by atoms with Crippen LogP contribution in [0.3, 0.4) is 0 Å². The van der Waals surface area contributed by atoms with Crippen molar-refractivity contribution in [2.45, 2.75) is 6.92 Å². The molecule has 0 spiro atoms. The van der Waals surface area contributed by atoms with Crippen molar-refractivity contribution in [2.75, 3.05) is 0 Å². The largest absolute Gasteiger partial charge is 0.352 e. The highest BCUT2D eigenvalue weighted by atomic mass is 16.1. The van der Waals surface area contributed by atoms with Crippen molar-refractivity contribution in [1.29, 1.82) is 0 Å². The summed E-state index contributed by atoms with van der Waals surface area (Å²) in [5.74, 6) is 0. The normalized spacial score (nSPS) is 10.1. The third kappa shape index (κ3) is 1.57. The maximum Gasteiger partial charge on any atom is 0.352 e. The molecule has 0 N–H and O–H groups in total. The molecule has 0 fully saturated rings. The van der Waals surface area contributed by atoms with Gasteiger partial charge < -0.3 is 0 Å². The van der Waals surface area contributed by atoms with E-state index in [0.717, 1.165) is 11.4 Å². The fraction of sp³-hybridized carbons (Fsp3) is 0.0909. The van der Waals surface area contributed by atoms with Crippen molar-refractivity contribution in [3.05, 3.63) is 58.8 Å². The van der Waals surface area contributed by atoms with Gasteiger partial charge in [0, 0.05) is 11.9 Å². The fourth-order valence-electron chi connectivity index (χ4n) is 1.27. The summed E-state index contributed by atoms with van der Waals surface area (Å²) in [6.45, 7) is 1.80. The molecule has 0 saturated carbocycles. The van der Waals surface area contributed by atoms with Crippen LogP contribution >= 0.6 is 0 Å². The van der Waals surface area contributed by atoms with Gasteiger partial charge in [-0.1, -0.05) is 18.2 Å². The minimum Gasteiger partial charge on any atom is -0.268 e. The number of rotatable bonds is 1. The molecule has 0 aliphatic carbocycles. The summed E-state index contributed by atoms with van der Waals surface area (Å²) in [5.41, 5.74) is 1.34. The Morgan fingerprint density at radius 2 is 1.86 bits per heavy atom. The summed E-state index contributed by atoms with van der Waals surface area (Å²) >= 11 is 0. The van der Waals surface area contributed by atoms with Crippen molar-refractivity contribution in [1.82, 2.24) is 9.55 Å². The minimum atomic E-state index is -0.240. The van der Waals surface area contributed by atoms with Crippen LogP contribution in [0.25, 0.3) is 5.69 Å². The van der Waals surface area contributed by atoms with Crippen LogP contribution < -0.4 is 5.69 Å². The highest BCUT2D eigenvalue weighted by Crippen LogP contribution is 2.02. The summed E-state index contributed by atoms with van der Waals surface area (Å²) in [7, 11) is 0. The Morgan fingerprint density at radius 1 is 1.14 bits per heavy atom. The first-order valence-electron chi connectivity index (χ1n) is 4.39. The molecule has 2 rings (SSSR count). The summed E-state index contributed by atoms with van der Waals surface area (Å²) in [6, 6.07) is 11.3. The molecule has 0 unspecified atom stereocenters. The van der Waals surface area contributed by atoms with E-state index in [9.17, 15) is 4.79 Å². The zero-order valence-corrected chi connectivity index (χ0v) is 7.84. The number of hydrogen-bond acceptors (Lipinski definition) is 2. The highest BCUT2D eigenvalue weighted by Gasteiger charge is 1.98. The quantitative estimate of drug-likeness (QED) is 0.677. The Morgan fingerprint density at radius 3 is 2.50 bits per heavy atom. The molecule has 1 aromatic carbocycles. The highest BCUT2D eigenvalue weighted by molar-refractivity contribution is 5.30. The van der Waals surface area contributed by atoms with Gasteiger partial charge in [0.15, 0.2) is 0 Å². The van der Waals surface area contributed by atoms with Gasteiger partial charge in [-0.25, -0.2) is 4.79 Å². The van der Waals surface area contributed by atoms with E-state index in [1.54, 1.807) is 13.1 Å². The van der Waals surface area contributed by atoms with E-state index in [0.29, 0.717) is 0 Å². The summed E-state index contributed by atoms with van der Waals surface area (Å²) < 4.78 is 1.52. The summed E-state index contributed by atoms with van der Waals surface area (Å²) in [5, 5.41) is 0. The first-order chi connectivity index (χ1) is 6.77. The van der Waals surface area contributed by atoms with Gasteiger partial charge >= 0.3 is 5.69 Å². The molecule has 3 nitrogen and oxygen atoms in total. The average Bonchev–Trinajstić information content (AvgIpc) is 2.19. The number of nitrogens with zero attached hydrogens (tertiary/aromatic N) is 2. The van der Waals surface area contributed by atoms with Crippen molar-refractivity contribution in [2.24, 2.45) is 0 Å². The van der Waals surface area contributed by atoms with Crippen molar-refractivity contribution in [3.63, 3.8) is 0 Å². The van der Waals surface area contributed by atoms with E-state index < -0.39 is 0 Å². The molecule has 0 saturated heterocycles. The van der Waals surface area contributed by atoms with E-state index >= 15 is 0 Å². The second-order valence-corrected chi connectivity index (χ2v) is 3.06. The molecule has 0 bridgehead atoms. The molecule has 0 aliphatic rings. The van der Waals surface area contributed by atoms with Crippen LogP contribution in [0, 0.1) is 6.92 Å². The topological polar surface area (TPSA) is 34.9 Å². The van der Waals surface area contributed by atoms with Crippen LogP contribution in [0.2, 0.25) is 0 Å². The van der Waals surface area contributed by atoms with Gasteiger partial charge in [-0.2, -0.15) is 4.98 Å². The molecule has 14 heavy (non-hydrogen) atoms. The first-order valence-corrected chi connectivity index (χ1v) is 4.39. The van der Waals surface area contributed by atoms with E-state index in [4.69, 9.17) is 0 Å². The number of benzene rings is 1. The lowest BCUT2D eigenvalue weighted by Gasteiger charge is -2.03. The molecule has 0 radical (unpaired) electrons. The molecule has 70 valence electrons. The molecule has 1 aromatic heterocycles. The predicted molar refractivity (Wildman–Crippen MR) is 54.6 cm³/mol.